The maximum absolute atomic E-state index is 13.2. The molecule has 0 radical (unpaired) electrons. The Bertz CT molecular complexity index is 1410. The van der Waals surface area contributed by atoms with Crippen LogP contribution in [0.3, 0.4) is 0 Å². The highest BCUT2D eigenvalue weighted by molar-refractivity contribution is 6.30. The van der Waals surface area contributed by atoms with Crippen LogP contribution in [0.25, 0.3) is 11.2 Å². The molecule has 3 heterocycles. The summed E-state index contributed by atoms with van der Waals surface area (Å²) in [6.45, 7) is 0.742. The van der Waals surface area contributed by atoms with E-state index in [0.717, 1.165) is 15.9 Å². The van der Waals surface area contributed by atoms with Crippen LogP contribution in [0.5, 0.6) is 0 Å². The largest absolute Gasteiger partial charge is 0.332 e. The van der Waals surface area contributed by atoms with Crippen molar-refractivity contribution in [2.24, 2.45) is 14.1 Å². The van der Waals surface area contributed by atoms with Crippen molar-refractivity contribution in [1.82, 2.24) is 23.7 Å². The van der Waals surface area contributed by atoms with Gasteiger partial charge in [0.2, 0.25) is 5.91 Å². The quantitative estimate of drug-likeness (QED) is 0.417. The van der Waals surface area contributed by atoms with Crippen molar-refractivity contribution in [2.45, 2.75) is 25.9 Å². The molecule has 0 N–H and O–H groups in total. The van der Waals surface area contributed by atoms with E-state index in [0.29, 0.717) is 35.7 Å². The molecule has 1 aromatic carbocycles. The molecule has 0 fully saturated rings. The number of amides is 1. The van der Waals surface area contributed by atoms with Crippen LogP contribution in [-0.4, -0.2) is 29.6 Å². The molecule has 0 unspecified atom stereocenters. The number of pyridine rings is 1. The number of hydrogen-bond donors (Lipinski definition) is 0. The first-order valence-corrected chi connectivity index (χ1v) is 10.8. The van der Waals surface area contributed by atoms with Gasteiger partial charge < -0.3 is 9.47 Å². The van der Waals surface area contributed by atoms with E-state index < -0.39 is 11.2 Å². The molecule has 170 valence electrons. The Hall–Kier alpha value is -3.72. The van der Waals surface area contributed by atoms with Gasteiger partial charge in [-0.3, -0.25) is 23.7 Å². The number of hydrogen-bond acceptors (Lipinski definition) is 5. The lowest BCUT2D eigenvalue weighted by atomic mass is 10.2. The van der Waals surface area contributed by atoms with Gasteiger partial charge in [-0.25, -0.2) is 9.78 Å². The molecule has 0 bridgehead atoms. The molecule has 0 atom stereocenters. The Morgan fingerprint density at radius 1 is 1.03 bits per heavy atom. The third-order valence-electron chi connectivity index (χ3n) is 5.49. The molecule has 0 aliphatic rings. The number of nitrogens with zero attached hydrogens (tertiary/aromatic N) is 6. The zero-order valence-corrected chi connectivity index (χ0v) is 19.1. The van der Waals surface area contributed by atoms with E-state index in [2.05, 4.69) is 9.97 Å². The lowest BCUT2D eigenvalue weighted by Crippen LogP contribution is -2.37. The van der Waals surface area contributed by atoms with Gasteiger partial charge >= 0.3 is 5.69 Å². The molecule has 0 spiro atoms. The van der Waals surface area contributed by atoms with E-state index >= 15 is 0 Å². The number of halogens is 1. The molecule has 4 rings (SSSR count). The topological polar surface area (TPSA) is 95.0 Å². The summed E-state index contributed by atoms with van der Waals surface area (Å²) in [6.07, 6.45) is 3.96. The Morgan fingerprint density at radius 2 is 1.79 bits per heavy atom. The van der Waals surface area contributed by atoms with Crippen LogP contribution < -0.4 is 16.1 Å². The van der Waals surface area contributed by atoms with Crippen molar-refractivity contribution in [2.75, 3.05) is 4.90 Å². The van der Waals surface area contributed by atoms with Gasteiger partial charge in [0.25, 0.3) is 5.56 Å². The fourth-order valence-corrected chi connectivity index (χ4v) is 3.83. The third kappa shape index (κ3) is 4.58. The van der Waals surface area contributed by atoms with Gasteiger partial charge in [-0.05, 0) is 42.8 Å². The minimum absolute atomic E-state index is 0.0762. The number of aryl methyl sites for hydroxylation is 2. The van der Waals surface area contributed by atoms with Crippen LogP contribution in [0.4, 0.5) is 5.69 Å². The summed E-state index contributed by atoms with van der Waals surface area (Å²) < 4.78 is 4.09. The molecule has 33 heavy (non-hydrogen) atoms. The minimum Gasteiger partial charge on any atom is -0.325 e. The lowest BCUT2D eigenvalue weighted by molar-refractivity contribution is -0.118. The lowest BCUT2D eigenvalue weighted by Gasteiger charge is -2.23. The van der Waals surface area contributed by atoms with Gasteiger partial charge in [0.1, 0.15) is 0 Å². The average Bonchev–Trinajstić information content (AvgIpc) is 3.25. The number of anilines is 1. The van der Waals surface area contributed by atoms with Crippen LogP contribution >= 0.6 is 11.6 Å². The highest BCUT2D eigenvalue weighted by Gasteiger charge is 2.18. The normalized spacial score (nSPS) is 11.1. The van der Waals surface area contributed by atoms with E-state index in [1.165, 1.54) is 17.9 Å². The molecule has 4 aromatic rings. The number of fused-ring (bicyclic) bond motifs is 1. The second kappa shape index (κ2) is 9.41. The minimum atomic E-state index is -0.430. The van der Waals surface area contributed by atoms with Gasteiger partial charge in [0, 0.05) is 44.0 Å². The molecule has 10 heteroatoms. The van der Waals surface area contributed by atoms with Crippen molar-refractivity contribution < 1.29 is 4.79 Å². The standard InChI is InChI=1S/C23H23ClN6O3/c1-27-21-20(22(32)28(2)23(27)33)29(15-26-21)13-5-7-19(31)30(14-17-6-3-4-12-25-17)18-10-8-16(24)9-11-18/h3-4,6,8-12,15H,5,7,13-14H2,1-2H3. The molecular formula is C23H23ClN6O3. The number of carbonyl (C=O) groups is 1. The molecule has 0 aliphatic carbocycles. The van der Waals surface area contributed by atoms with Gasteiger partial charge in [-0.15, -0.1) is 0 Å². The second-order valence-electron chi connectivity index (χ2n) is 7.70. The summed E-state index contributed by atoms with van der Waals surface area (Å²) in [5.41, 5.74) is 1.33. The second-order valence-corrected chi connectivity index (χ2v) is 8.13. The predicted molar refractivity (Wildman–Crippen MR) is 126 cm³/mol. The van der Waals surface area contributed by atoms with E-state index in [-0.39, 0.29) is 12.3 Å². The van der Waals surface area contributed by atoms with E-state index in [1.54, 1.807) is 47.0 Å². The smallest absolute Gasteiger partial charge is 0.325 e. The number of carbonyl (C=O) groups excluding carboxylic acids is 1. The zero-order valence-electron chi connectivity index (χ0n) is 18.3. The molecule has 3 aromatic heterocycles. The fraction of sp³-hybridized carbons (Fsp3) is 0.261. The summed E-state index contributed by atoms with van der Waals surface area (Å²) >= 11 is 6.02. The van der Waals surface area contributed by atoms with Gasteiger partial charge in [0.15, 0.2) is 11.2 Å². The molecule has 0 saturated heterocycles. The first-order chi connectivity index (χ1) is 15.9. The monoisotopic (exact) mass is 466 g/mol. The average molecular weight is 467 g/mol. The third-order valence-corrected chi connectivity index (χ3v) is 5.74. The van der Waals surface area contributed by atoms with E-state index in [4.69, 9.17) is 11.6 Å². The first kappa shape index (κ1) is 22.5. The number of rotatable bonds is 7. The fourth-order valence-electron chi connectivity index (χ4n) is 3.70. The van der Waals surface area contributed by atoms with Crippen molar-refractivity contribution in [3.8, 4) is 0 Å². The molecule has 0 saturated carbocycles. The van der Waals surface area contributed by atoms with Crippen molar-refractivity contribution >= 4 is 34.4 Å². The highest BCUT2D eigenvalue weighted by atomic mass is 35.5. The SMILES string of the molecule is Cn1c(=O)c2c(ncn2CCCC(=O)N(Cc2ccccn2)c2ccc(Cl)cc2)n(C)c1=O. The van der Waals surface area contributed by atoms with E-state index in [1.807, 2.05) is 18.2 Å². The molecule has 9 nitrogen and oxygen atoms in total. The maximum Gasteiger partial charge on any atom is 0.332 e. The summed E-state index contributed by atoms with van der Waals surface area (Å²) in [5, 5.41) is 0.590. The summed E-state index contributed by atoms with van der Waals surface area (Å²) in [4.78, 5) is 48.1. The highest BCUT2D eigenvalue weighted by Crippen LogP contribution is 2.21. The zero-order chi connectivity index (χ0) is 23.5. The van der Waals surface area contributed by atoms with Crippen LogP contribution in [-0.2, 0) is 32.0 Å². The van der Waals surface area contributed by atoms with Crippen molar-refractivity contribution in [3.63, 3.8) is 0 Å². The van der Waals surface area contributed by atoms with Gasteiger partial charge in [-0.2, -0.15) is 0 Å². The van der Waals surface area contributed by atoms with Crippen LogP contribution in [0, 0.1) is 0 Å². The van der Waals surface area contributed by atoms with E-state index in [9.17, 15) is 14.4 Å². The molecule has 1 amide bonds. The Balaban J connectivity index is 1.53. The maximum atomic E-state index is 13.2. The number of benzene rings is 1. The molecule has 0 aliphatic heterocycles. The van der Waals surface area contributed by atoms with Crippen molar-refractivity contribution in [1.29, 1.82) is 0 Å². The van der Waals surface area contributed by atoms with Gasteiger partial charge in [0.05, 0.1) is 18.6 Å². The summed E-state index contributed by atoms with van der Waals surface area (Å²) in [6, 6.07) is 12.7. The number of aromatic nitrogens is 5. The van der Waals surface area contributed by atoms with Crippen molar-refractivity contribution in [3.05, 3.63) is 86.5 Å². The molecular weight excluding hydrogens is 444 g/mol. The van der Waals surface area contributed by atoms with Gasteiger partial charge in [-0.1, -0.05) is 17.7 Å². The predicted octanol–water partition coefficient (Wildman–Crippen LogP) is 2.50. The number of imidazole rings is 1. The Kier molecular flexibility index (Phi) is 6.41. The first-order valence-electron chi connectivity index (χ1n) is 10.4. The van der Waals surface area contributed by atoms with Crippen LogP contribution in [0.1, 0.15) is 18.5 Å². The van der Waals surface area contributed by atoms with Crippen LogP contribution in [0.2, 0.25) is 5.02 Å². The Morgan fingerprint density at radius 3 is 2.48 bits per heavy atom. The summed E-state index contributed by atoms with van der Waals surface area (Å²) in [5.74, 6) is -0.0762. The van der Waals surface area contributed by atoms with Crippen LogP contribution in [0.15, 0.2) is 64.6 Å². The Labute approximate surface area is 194 Å². The summed E-state index contributed by atoms with van der Waals surface area (Å²) in [7, 11) is 3.01.